The molecule has 2 heteroatoms. The fourth-order valence-electron chi connectivity index (χ4n) is 2.78. The Bertz CT molecular complexity index is 186. The second kappa shape index (κ2) is 16.6. The number of unbranched alkanes of at least 4 members (excludes halogenated alkanes) is 13. The standard InChI is InChI=1S/C19H42N.ClH/c1-5-6-7-8-9-10-11-12-13-14-15-16-17-18-19-20(2,3)4;/h5-19H2,1-4H3;1H/q+1;/p-1. The van der Waals surface area contributed by atoms with Crippen molar-refractivity contribution in [1.29, 1.82) is 0 Å². The largest absolute Gasteiger partial charge is 1.00 e. The monoisotopic (exact) mass is 319 g/mol. The van der Waals surface area contributed by atoms with Gasteiger partial charge in [0.05, 0.1) is 27.7 Å². The molecule has 0 bridgehead atoms. The Hall–Kier alpha value is 0.250. The molecular weight excluding hydrogens is 278 g/mol. The lowest BCUT2D eigenvalue weighted by molar-refractivity contribution is -0.870. The molecule has 0 rings (SSSR count). The third-order valence-corrected chi connectivity index (χ3v) is 4.18. The summed E-state index contributed by atoms with van der Waals surface area (Å²) in [7, 11) is 6.88. The molecule has 0 aliphatic carbocycles. The van der Waals surface area contributed by atoms with Gasteiger partial charge in [0.2, 0.25) is 0 Å². The molecule has 0 radical (unpaired) electrons. The maximum absolute atomic E-state index is 2.29. The van der Waals surface area contributed by atoms with Gasteiger partial charge in [0.15, 0.2) is 0 Å². The van der Waals surface area contributed by atoms with Crippen LogP contribution < -0.4 is 12.4 Å². The Balaban J connectivity index is 0. The van der Waals surface area contributed by atoms with Crippen molar-refractivity contribution >= 4 is 0 Å². The average molecular weight is 320 g/mol. The highest BCUT2D eigenvalue weighted by Crippen LogP contribution is 2.13. The van der Waals surface area contributed by atoms with Crippen LogP contribution in [0.4, 0.5) is 0 Å². The van der Waals surface area contributed by atoms with Crippen molar-refractivity contribution in [3.8, 4) is 0 Å². The molecule has 1 nitrogen and oxygen atoms in total. The van der Waals surface area contributed by atoms with Crippen LogP contribution in [0, 0.1) is 0 Å². The van der Waals surface area contributed by atoms with Crippen molar-refractivity contribution in [3.63, 3.8) is 0 Å². The predicted molar refractivity (Wildman–Crippen MR) is 93.2 cm³/mol. The van der Waals surface area contributed by atoms with Gasteiger partial charge in [-0.25, -0.2) is 0 Å². The molecule has 0 aromatic carbocycles. The molecule has 0 saturated carbocycles. The van der Waals surface area contributed by atoms with E-state index in [2.05, 4.69) is 28.1 Å². The van der Waals surface area contributed by atoms with Crippen LogP contribution in [0.2, 0.25) is 0 Å². The van der Waals surface area contributed by atoms with Crippen molar-refractivity contribution in [2.45, 2.75) is 96.8 Å². The maximum Gasteiger partial charge on any atom is 0.0780 e. The smallest absolute Gasteiger partial charge is 0.0780 e. The van der Waals surface area contributed by atoms with Gasteiger partial charge in [0.1, 0.15) is 0 Å². The fourth-order valence-corrected chi connectivity index (χ4v) is 2.78. The highest BCUT2D eigenvalue weighted by Gasteiger charge is 2.04. The van der Waals surface area contributed by atoms with E-state index in [1.165, 1.54) is 96.4 Å². The molecule has 0 aromatic rings. The Morgan fingerprint density at radius 1 is 0.476 bits per heavy atom. The normalized spacial score (nSPS) is 11.4. The first-order chi connectivity index (χ1) is 9.56. The summed E-state index contributed by atoms with van der Waals surface area (Å²) < 4.78 is 1.12. The molecule has 21 heavy (non-hydrogen) atoms. The number of rotatable bonds is 15. The number of quaternary nitrogens is 1. The average Bonchev–Trinajstić information content (AvgIpc) is 2.38. The lowest BCUT2D eigenvalue weighted by Gasteiger charge is -2.23. The quantitative estimate of drug-likeness (QED) is 0.321. The summed E-state index contributed by atoms with van der Waals surface area (Å²) in [4.78, 5) is 0. The Labute approximate surface area is 141 Å². The minimum absolute atomic E-state index is 0. The SMILES string of the molecule is CCCCCCCCCCCCCCCC[N+](C)(C)C.[Cl-]. The van der Waals surface area contributed by atoms with Gasteiger partial charge >= 0.3 is 0 Å². The van der Waals surface area contributed by atoms with E-state index in [1.807, 2.05) is 0 Å². The molecule has 0 aliphatic heterocycles. The van der Waals surface area contributed by atoms with E-state index in [4.69, 9.17) is 0 Å². The van der Waals surface area contributed by atoms with Gasteiger partial charge in [-0.15, -0.1) is 0 Å². The lowest BCUT2D eigenvalue weighted by atomic mass is 10.0. The van der Waals surface area contributed by atoms with Crippen molar-refractivity contribution in [2.75, 3.05) is 27.7 Å². The molecule has 0 spiro atoms. The molecule has 0 atom stereocenters. The van der Waals surface area contributed by atoms with Crippen LogP contribution in [0.1, 0.15) is 96.8 Å². The zero-order chi connectivity index (χ0) is 15.1. The van der Waals surface area contributed by atoms with E-state index < -0.39 is 0 Å². The van der Waals surface area contributed by atoms with Gasteiger partial charge in [0, 0.05) is 0 Å². The zero-order valence-electron chi connectivity index (χ0n) is 15.4. The van der Waals surface area contributed by atoms with Gasteiger partial charge in [-0.2, -0.15) is 0 Å². The topological polar surface area (TPSA) is 0 Å². The van der Waals surface area contributed by atoms with E-state index in [0.717, 1.165) is 4.48 Å². The second-order valence-electron chi connectivity index (χ2n) is 7.61. The maximum atomic E-state index is 2.29. The molecular formula is C19H42ClN. The number of hydrogen-bond acceptors (Lipinski definition) is 0. The molecule has 0 amide bonds. The molecule has 0 fully saturated rings. The fraction of sp³-hybridized carbons (Fsp3) is 1.00. The zero-order valence-corrected chi connectivity index (χ0v) is 16.2. The predicted octanol–water partition coefficient (Wildman–Crippen LogP) is 3.18. The van der Waals surface area contributed by atoms with E-state index in [-0.39, 0.29) is 12.4 Å². The molecule has 130 valence electrons. The van der Waals surface area contributed by atoms with Gasteiger partial charge < -0.3 is 16.9 Å². The third kappa shape index (κ3) is 22.7. The lowest BCUT2D eigenvalue weighted by Crippen LogP contribution is -3.00. The van der Waals surface area contributed by atoms with Crippen molar-refractivity contribution in [2.24, 2.45) is 0 Å². The van der Waals surface area contributed by atoms with Gasteiger partial charge in [-0.3, -0.25) is 0 Å². The minimum atomic E-state index is 0. The first-order valence-electron chi connectivity index (χ1n) is 9.36. The first kappa shape index (κ1) is 23.5. The van der Waals surface area contributed by atoms with E-state index in [1.54, 1.807) is 0 Å². The third-order valence-electron chi connectivity index (χ3n) is 4.18. The molecule has 0 aliphatic rings. The summed E-state index contributed by atoms with van der Waals surface area (Å²) >= 11 is 0. The van der Waals surface area contributed by atoms with Crippen molar-refractivity contribution in [1.82, 2.24) is 0 Å². The Morgan fingerprint density at radius 3 is 1.05 bits per heavy atom. The highest BCUT2D eigenvalue weighted by atomic mass is 35.5. The summed E-state index contributed by atoms with van der Waals surface area (Å²) in [6, 6.07) is 0. The van der Waals surface area contributed by atoms with E-state index in [0.29, 0.717) is 0 Å². The first-order valence-corrected chi connectivity index (χ1v) is 9.36. The summed E-state index contributed by atoms with van der Waals surface area (Å²) in [5, 5.41) is 0. The summed E-state index contributed by atoms with van der Waals surface area (Å²) in [5.74, 6) is 0. The van der Waals surface area contributed by atoms with E-state index in [9.17, 15) is 0 Å². The van der Waals surface area contributed by atoms with Gasteiger partial charge in [-0.05, 0) is 12.8 Å². The Kier molecular flexibility index (Phi) is 18.6. The summed E-state index contributed by atoms with van der Waals surface area (Å²) in [6.45, 7) is 3.63. The van der Waals surface area contributed by atoms with E-state index >= 15 is 0 Å². The summed E-state index contributed by atoms with van der Waals surface area (Å²) in [5.41, 5.74) is 0. The van der Waals surface area contributed by atoms with Gasteiger partial charge in [-0.1, -0.05) is 84.0 Å². The molecule has 0 saturated heterocycles. The number of halogens is 1. The van der Waals surface area contributed by atoms with Crippen LogP contribution >= 0.6 is 0 Å². The molecule has 0 aromatic heterocycles. The Morgan fingerprint density at radius 2 is 0.762 bits per heavy atom. The number of hydrogen-bond donors (Lipinski definition) is 0. The summed E-state index contributed by atoms with van der Waals surface area (Å²) in [6.07, 6.45) is 20.4. The van der Waals surface area contributed by atoms with Crippen LogP contribution in [-0.4, -0.2) is 32.2 Å². The highest BCUT2D eigenvalue weighted by molar-refractivity contribution is 4.49. The van der Waals surface area contributed by atoms with Crippen LogP contribution in [0.5, 0.6) is 0 Å². The van der Waals surface area contributed by atoms with Crippen LogP contribution in [0.3, 0.4) is 0 Å². The van der Waals surface area contributed by atoms with Crippen LogP contribution in [-0.2, 0) is 0 Å². The molecule has 0 N–H and O–H groups in total. The molecule has 0 unspecified atom stereocenters. The van der Waals surface area contributed by atoms with Gasteiger partial charge in [0.25, 0.3) is 0 Å². The second-order valence-corrected chi connectivity index (χ2v) is 7.61. The number of nitrogens with zero attached hydrogens (tertiary/aromatic N) is 1. The van der Waals surface area contributed by atoms with Crippen LogP contribution in [0.15, 0.2) is 0 Å². The van der Waals surface area contributed by atoms with Crippen molar-refractivity contribution < 1.29 is 16.9 Å². The molecule has 0 heterocycles. The minimum Gasteiger partial charge on any atom is -1.00 e. The van der Waals surface area contributed by atoms with Crippen LogP contribution in [0.25, 0.3) is 0 Å². The van der Waals surface area contributed by atoms with Crippen molar-refractivity contribution in [3.05, 3.63) is 0 Å².